The number of rotatable bonds is 4. The van der Waals surface area contributed by atoms with Crippen molar-refractivity contribution in [2.75, 3.05) is 4.72 Å². The number of aryl methyl sites for hydroxylation is 1. The number of hydrogen-bond acceptors (Lipinski definition) is 3. The van der Waals surface area contributed by atoms with Gasteiger partial charge in [0.1, 0.15) is 0 Å². The minimum absolute atomic E-state index is 0.239. The Balaban J connectivity index is 2.28. The van der Waals surface area contributed by atoms with Crippen LogP contribution in [0, 0.1) is 18.3 Å². The van der Waals surface area contributed by atoms with Crippen molar-refractivity contribution >= 4 is 31.6 Å². The molecule has 0 aromatic heterocycles. The average molecular weight is 365 g/mol. The lowest BCUT2D eigenvalue weighted by atomic mass is 10.1. The lowest BCUT2D eigenvalue weighted by molar-refractivity contribution is 0.600. The molecule has 0 bridgehead atoms. The van der Waals surface area contributed by atoms with Gasteiger partial charge in [-0.15, -0.1) is 0 Å². The number of nitrogens with one attached hydrogen (secondary N) is 1. The Bertz CT molecular complexity index is 811. The third-order valence-electron chi connectivity index (χ3n) is 2.94. The fraction of sp³-hybridized carbons (Fsp3) is 0.133. The molecule has 0 unspecified atom stereocenters. The second-order valence-corrected chi connectivity index (χ2v) is 7.08. The molecule has 0 amide bonds. The van der Waals surface area contributed by atoms with E-state index in [4.69, 9.17) is 5.26 Å². The maximum atomic E-state index is 12.3. The average Bonchev–Trinajstić information content (AvgIpc) is 2.44. The van der Waals surface area contributed by atoms with Crippen LogP contribution in [0.1, 0.15) is 16.7 Å². The zero-order chi connectivity index (χ0) is 15.5. The quantitative estimate of drug-likeness (QED) is 0.901. The molecule has 0 aliphatic heterocycles. The lowest BCUT2D eigenvalue weighted by Crippen LogP contribution is -2.16. The van der Waals surface area contributed by atoms with Gasteiger partial charge in [-0.05, 0) is 46.1 Å². The van der Waals surface area contributed by atoms with Gasteiger partial charge in [0, 0.05) is 4.47 Å². The summed E-state index contributed by atoms with van der Waals surface area (Å²) in [6, 6.07) is 14.0. The van der Waals surface area contributed by atoms with E-state index in [1.807, 2.05) is 19.1 Å². The molecule has 108 valence electrons. The molecular weight excluding hydrogens is 352 g/mol. The van der Waals surface area contributed by atoms with Crippen LogP contribution in [0.3, 0.4) is 0 Å². The van der Waals surface area contributed by atoms with E-state index in [9.17, 15) is 8.42 Å². The van der Waals surface area contributed by atoms with Crippen LogP contribution in [0.2, 0.25) is 0 Å². The monoisotopic (exact) mass is 364 g/mol. The van der Waals surface area contributed by atoms with Gasteiger partial charge in [0.2, 0.25) is 10.0 Å². The zero-order valence-electron chi connectivity index (χ0n) is 11.3. The van der Waals surface area contributed by atoms with Gasteiger partial charge in [0.05, 0.1) is 23.1 Å². The molecule has 0 fully saturated rings. The number of sulfonamides is 1. The van der Waals surface area contributed by atoms with Crippen LogP contribution in [0.4, 0.5) is 5.69 Å². The maximum absolute atomic E-state index is 12.3. The van der Waals surface area contributed by atoms with Gasteiger partial charge in [-0.1, -0.05) is 30.3 Å². The summed E-state index contributed by atoms with van der Waals surface area (Å²) in [7, 11) is -3.59. The van der Waals surface area contributed by atoms with Crippen molar-refractivity contribution in [2.24, 2.45) is 0 Å². The summed E-state index contributed by atoms with van der Waals surface area (Å²) >= 11 is 3.37. The Morgan fingerprint density at radius 3 is 2.62 bits per heavy atom. The molecule has 0 aliphatic rings. The van der Waals surface area contributed by atoms with E-state index in [2.05, 4.69) is 20.7 Å². The molecule has 6 heteroatoms. The fourth-order valence-electron chi connectivity index (χ4n) is 1.89. The summed E-state index contributed by atoms with van der Waals surface area (Å²) in [5, 5.41) is 9.01. The normalized spacial score (nSPS) is 10.9. The minimum atomic E-state index is -3.59. The number of halogens is 1. The van der Waals surface area contributed by atoms with Gasteiger partial charge in [0.25, 0.3) is 0 Å². The van der Waals surface area contributed by atoms with Gasteiger partial charge in [0.15, 0.2) is 0 Å². The first kappa shape index (κ1) is 15.5. The third kappa shape index (κ3) is 3.84. The molecule has 0 saturated heterocycles. The predicted octanol–water partition coefficient (Wildman–Crippen LogP) is 3.57. The highest BCUT2D eigenvalue weighted by Gasteiger charge is 2.16. The van der Waals surface area contributed by atoms with E-state index in [0.29, 0.717) is 21.3 Å². The summed E-state index contributed by atoms with van der Waals surface area (Å²) in [5.41, 5.74) is 2.28. The molecule has 2 rings (SSSR count). The first-order valence-corrected chi connectivity index (χ1v) is 8.61. The molecule has 0 radical (unpaired) electrons. The van der Waals surface area contributed by atoms with Crippen LogP contribution >= 0.6 is 15.9 Å². The smallest absolute Gasteiger partial charge is 0.237 e. The first-order valence-electron chi connectivity index (χ1n) is 6.16. The SMILES string of the molecule is Cc1cccc(NS(=O)(=O)Cc2ccccc2C#N)c1Br. The van der Waals surface area contributed by atoms with Gasteiger partial charge in [-0.25, -0.2) is 8.42 Å². The van der Waals surface area contributed by atoms with Gasteiger partial charge in [-0.2, -0.15) is 5.26 Å². The third-order valence-corrected chi connectivity index (χ3v) is 5.22. The molecule has 2 aromatic rings. The fourth-order valence-corrected chi connectivity index (χ4v) is 3.62. The topological polar surface area (TPSA) is 70.0 Å². The van der Waals surface area contributed by atoms with E-state index >= 15 is 0 Å². The van der Waals surface area contributed by atoms with Crippen molar-refractivity contribution in [3.8, 4) is 6.07 Å². The molecule has 1 N–H and O–H groups in total. The summed E-state index contributed by atoms with van der Waals surface area (Å²) in [5.74, 6) is -0.239. The Hall–Kier alpha value is -1.84. The van der Waals surface area contributed by atoms with Crippen LogP contribution in [0.15, 0.2) is 46.9 Å². The van der Waals surface area contributed by atoms with E-state index < -0.39 is 10.0 Å². The number of benzene rings is 2. The van der Waals surface area contributed by atoms with Crippen LogP contribution in [0.25, 0.3) is 0 Å². The van der Waals surface area contributed by atoms with Crippen LogP contribution in [0.5, 0.6) is 0 Å². The number of nitrogens with zero attached hydrogens (tertiary/aromatic N) is 1. The summed E-state index contributed by atoms with van der Waals surface area (Å²) in [4.78, 5) is 0. The maximum Gasteiger partial charge on any atom is 0.237 e. The Kier molecular flexibility index (Phi) is 4.66. The number of hydrogen-bond donors (Lipinski definition) is 1. The van der Waals surface area contributed by atoms with Crippen molar-refractivity contribution < 1.29 is 8.42 Å². The van der Waals surface area contributed by atoms with Crippen molar-refractivity contribution in [1.82, 2.24) is 0 Å². The molecule has 0 heterocycles. The Morgan fingerprint density at radius 1 is 1.19 bits per heavy atom. The molecule has 2 aromatic carbocycles. The highest BCUT2D eigenvalue weighted by atomic mass is 79.9. The largest absolute Gasteiger partial charge is 0.282 e. The van der Waals surface area contributed by atoms with Gasteiger partial charge < -0.3 is 0 Å². The standard InChI is InChI=1S/C15H13BrN2O2S/c1-11-5-4-8-14(15(11)16)18-21(19,20)10-13-7-3-2-6-12(13)9-17/h2-8,18H,10H2,1H3. The molecule has 0 aliphatic carbocycles. The van der Waals surface area contributed by atoms with Gasteiger partial charge in [-0.3, -0.25) is 4.72 Å². The van der Waals surface area contributed by atoms with Crippen LogP contribution in [-0.4, -0.2) is 8.42 Å². The van der Waals surface area contributed by atoms with Crippen molar-refractivity contribution in [3.05, 3.63) is 63.6 Å². The van der Waals surface area contributed by atoms with E-state index in [1.54, 1.807) is 36.4 Å². The Morgan fingerprint density at radius 2 is 1.90 bits per heavy atom. The molecule has 21 heavy (non-hydrogen) atoms. The number of anilines is 1. The van der Waals surface area contributed by atoms with Crippen molar-refractivity contribution in [2.45, 2.75) is 12.7 Å². The molecular formula is C15H13BrN2O2S. The highest BCUT2D eigenvalue weighted by Crippen LogP contribution is 2.27. The van der Waals surface area contributed by atoms with Crippen molar-refractivity contribution in [1.29, 1.82) is 5.26 Å². The molecule has 4 nitrogen and oxygen atoms in total. The second kappa shape index (κ2) is 6.29. The summed E-state index contributed by atoms with van der Waals surface area (Å²) in [6.07, 6.45) is 0. The Labute approximate surface area is 132 Å². The molecule has 0 spiro atoms. The molecule has 0 saturated carbocycles. The van der Waals surface area contributed by atoms with Crippen LogP contribution in [-0.2, 0) is 15.8 Å². The zero-order valence-corrected chi connectivity index (χ0v) is 13.7. The van der Waals surface area contributed by atoms with Gasteiger partial charge >= 0.3 is 0 Å². The van der Waals surface area contributed by atoms with E-state index in [-0.39, 0.29) is 5.75 Å². The highest BCUT2D eigenvalue weighted by molar-refractivity contribution is 9.10. The second-order valence-electron chi connectivity index (χ2n) is 4.57. The summed E-state index contributed by atoms with van der Waals surface area (Å²) in [6.45, 7) is 1.88. The van der Waals surface area contributed by atoms with Crippen molar-refractivity contribution in [3.63, 3.8) is 0 Å². The summed E-state index contributed by atoms with van der Waals surface area (Å²) < 4.78 is 27.8. The van der Waals surface area contributed by atoms with Crippen LogP contribution < -0.4 is 4.72 Å². The lowest BCUT2D eigenvalue weighted by Gasteiger charge is -2.11. The number of nitriles is 1. The predicted molar refractivity (Wildman–Crippen MR) is 86.3 cm³/mol. The van der Waals surface area contributed by atoms with E-state index in [0.717, 1.165) is 5.56 Å². The minimum Gasteiger partial charge on any atom is -0.282 e. The first-order chi connectivity index (χ1) is 9.93. The molecule has 0 atom stereocenters. The van der Waals surface area contributed by atoms with E-state index in [1.165, 1.54) is 0 Å².